The fourth-order valence-electron chi connectivity index (χ4n) is 3.67. The molecule has 1 fully saturated rings. The summed E-state index contributed by atoms with van der Waals surface area (Å²) in [4.78, 5) is 30.0. The molecule has 0 saturated carbocycles. The van der Waals surface area contributed by atoms with Gasteiger partial charge < -0.3 is 9.80 Å². The Bertz CT molecular complexity index is 1030. The minimum absolute atomic E-state index is 0.00310. The van der Waals surface area contributed by atoms with Crippen LogP contribution in [0.25, 0.3) is 0 Å². The number of rotatable bonds is 4. The van der Waals surface area contributed by atoms with Gasteiger partial charge in [-0.15, -0.1) is 0 Å². The van der Waals surface area contributed by atoms with Crippen molar-refractivity contribution in [3.05, 3.63) is 58.5 Å². The van der Waals surface area contributed by atoms with E-state index in [0.29, 0.717) is 32.1 Å². The second-order valence-electron chi connectivity index (χ2n) is 8.77. The maximum absolute atomic E-state index is 13.1. The van der Waals surface area contributed by atoms with Crippen LogP contribution in [0.15, 0.2) is 52.0 Å². The molecule has 30 heavy (non-hydrogen) atoms. The van der Waals surface area contributed by atoms with Crippen molar-refractivity contribution >= 4 is 17.3 Å². The molecule has 0 bridgehead atoms. The van der Waals surface area contributed by atoms with Crippen molar-refractivity contribution in [1.82, 2.24) is 14.5 Å². The Morgan fingerprint density at radius 2 is 1.70 bits per heavy atom. The number of anilines is 2. The van der Waals surface area contributed by atoms with Crippen LogP contribution < -0.4 is 15.5 Å². The molecule has 1 saturated heterocycles. The standard InChI is InChI=1S/C22H27FN6O/c1-22(2,3)19-12-16(13-24-19)14-29-15-25-20(26-21(29)30)28-10-8-27(9-11-28)18-6-4-17(23)5-7-18/h4-7,12,15H,8-11,13-14H2,1-3H3. The molecule has 0 spiro atoms. The van der Waals surface area contributed by atoms with Gasteiger partial charge in [-0.2, -0.15) is 4.98 Å². The molecule has 2 aliphatic rings. The summed E-state index contributed by atoms with van der Waals surface area (Å²) in [7, 11) is 0. The largest absolute Gasteiger partial charge is 0.368 e. The van der Waals surface area contributed by atoms with Crippen LogP contribution in [-0.2, 0) is 6.54 Å². The molecule has 0 unspecified atom stereocenters. The molecule has 0 N–H and O–H groups in total. The van der Waals surface area contributed by atoms with Crippen LogP contribution in [0.3, 0.4) is 0 Å². The Morgan fingerprint density at radius 3 is 2.30 bits per heavy atom. The van der Waals surface area contributed by atoms with E-state index in [-0.39, 0.29) is 16.9 Å². The number of halogens is 1. The normalized spacial score (nSPS) is 17.2. The smallest absolute Gasteiger partial charge is 0.352 e. The average Bonchev–Trinajstić information content (AvgIpc) is 3.20. The van der Waals surface area contributed by atoms with Crippen molar-refractivity contribution in [3.63, 3.8) is 0 Å². The Balaban J connectivity index is 1.38. The molecule has 4 rings (SSSR count). The number of nitrogens with zero attached hydrogens (tertiary/aromatic N) is 6. The van der Waals surface area contributed by atoms with Gasteiger partial charge >= 0.3 is 5.69 Å². The second-order valence-corrected chi connectivity index (χ2v) is 8.77. The van der Waals surface area contributed by atoms with Crippen LogP contribution in [0.2, 0.25) is 0 Å². The van der Waals surface area contributed by atoms with Crippen LogP contribution in [0.1, 0.15) is 20.8 Å². The van der Waals surface area contributed by atoms with E-state index < -0.39 is 0 Å². The molecule has 2 aliphatic heterocycles. The molecule has 8 heteroatoms. The van der Waals surface area contributed by atoms with E-state index >= 15 is 0 Å². The third kappa shape index (κ3) is 4.42. The Hall–Kier alpha value is -3.03. The molecular formula is C22H27FN6O. The predicted octanol–water partition coefficient (Wildman–Crippen LogP) is 2.53. The van der Waals surface area contributed by atoms with Crippen molar-refractivity contribution in [2.75, 3.05) is 42.5 Å². The lowest BCUT2D eigenvalue weighted by molar-refractivity contribution is 0.594. The highest BCUT2D eigenvalue weighted by atomic mass is 19.1. The van der Waals surface area contributed by atoms with Gasteiger partial charge in [-0.05, 0) is 35.9 Å². The van der Waals surface area contributed by atoms with Gasteiger partial charge in [-0.1, -0.05) is 20.8 Å². The van der Waals surface area contributed by atoms with Gasteiger partial charge in [0.2, 0.25) is 5.95 Å². The van der Waals surface area contributed by atoms with Crippen LogP contribution >= 0.6 is 0 Å². The number of aliphatic imine (C=N–C) groups is 1. The topological polar surface area (TPSA) is 66.6 Å². The van der Waals surface area contributed by atoms with Crippen molar-refractivity contribution < 1.29 is 4.39 Å². The Labute approximate surface area is 175 Å². The summed E-state index contributed by atoms with van der Waals surface area (Å²) in [5.74, 6) is 0.225. The summed E-state index contributed by atoms with van der Waals surface area (Å²) in [5.41, 5.74) is 2.84. The molecule has 1 aromatic carbocycles. The highest BCUT2D eigenvalue weighted by Gasteiger charge is 2.22. The zero-order valence-corrected chi connectivity index (χ0v) is 17.7. The highest BCUT2D eigenvalue weighted by molar-refractivity contribution is 6.01. The molecular weight excluding hydrogens is 383 g/mol. The van der Waals surface area contributed by atoms with Crippen LogP contribution in [0.5, 0.6) is 0 Å². The second kappa shape index (κ2) is 8.01. The summed E-state index contributed by atoms with van der Waals surface area (Å²) < 4.78 is 14.7. The molecule has 0 amide bonds. The number of hydrogen-bond donors (Lipinski definition) is 0. The maximum atomic E-state index is 13.1. The van der Waals surface area contributed by atoms with Gasteiger partial charge in [0, 0.05) is 43.0 Å². The van der Waals surface area contributed by atoms with Gasteiger partial charge in [-0.25, -0.2) is 14.2 Å². The van der Waals surface area contributed by atoms with Crippen LogP contribution in [0, 0.1) is 11.2 Å². The highest BCUT2D eigenvalue weighted by Crippen LogP contribution is 2.23. The molecule has 3 heterocycles. The number of benzene rings is 1. The van der Waals surface area contributed by atoms with Crippen LogP contribution in [0.4, 0.5) is 16.0 Å². The first-order valence-electron chi connectivity index (χ1n) is 10.2. The monoisotopic (exact) mass is 410 g/mol. The van der Waals surface area contributed by atoms with E-state index in [1.165, 1.54) is 16.7 Å². The van der Waals surface area contributed by atoms with Crippen molar-refractivity contribution in [2.45, 2.75) is 27.3 Å². The summed E-state index contributed by atoms with van der Waals surface area (Å²) in [6.07, 6.45) is 3.65. The van der Waals surface area contributed by atoms with Crippen molar-refractivity contribution in [1.29, 1.82) is 0 Å². The number of hydrogen-bond acceptors (Lipinski definition) is 6. The third-order valence-corrected chi connectivity index (χ3v) is 5.44. The van der Waals surface area contributed by atoms with E-state index in [9.17, 15) is 9.18 Å². The molecule has 2 aromatic rings. The predicted molar refractivity (Wildman–Crippen MR) is 117 cm³/mol. The molecule has 7 nitrogen and oxygen atoms in total. The molecule has 0 atom stereocenters. The van der Waals surface area contributed by atoms with E-state index in [4.69, 9.17) is 0 Å². The SMILES string of the molecule is CC(C)(C)C1=NCC(Cn2cnc(N3CCN(c4ccc(F)cc4)CC3)nc2=O)=C1. The lowest BCUT2D eigenvalue weighted by Crippen LogP contribution is -2.47. The Kier molecular flexibility index (Phi) is 5.40. The van der Waals surface area contributed by atoms with Gasteiger partial charge in [0.05, 0.1) is 13.1 Å². The fourth-order valence-corrected chi connectivity index (χ4v) is 3.67. The lowest BCUT2D eigenvalue weighted by atomic mass is 9.90. The summed E-state index contributed by atoms with van der Waals surface area (Å²) >= 11 is 0. The summed E-state index contributed by atoms with van der Waals surface area (Å²) in [5, 5.41) is 0. The minimum atomic E-state index is -0.300. The lowest BCUT2D eigenvalue weighted by Gasteiger charge is -2.36. The summed E-state index contributed by atoms with van der Waals surface area (Å²) in [6.45, 7) is 10.4. The quantitative estimate of drug-likeness (QED) is 0.775. The summed E-state index contributed by atoms with van der Waals surface area (Å²) in [6, 6.07) is 6.52. The molecule has 0 aliphatic carbocycles. The zero-order chi connectivity index (χ0) is 21.3. The van der Waals surface area contributed by atoms with Crippen molar-refractivity contribution in [2.24, 2.45) is 10.4 Å². The number of allylic oxidation sites excluding steroid dienone is 1. The number of piperazine rings is 1. The minimum Gasteiger partial charge on any atom is -0.368 e. The van der Waals surface area contributed by atoms with Crippen LogP contribution in [-0.4, -0.2) is 53.0 Å². The molecule has 0 radical (unpaired) electrons. The van der Waals surface area contributed by atoms with Gasteiger partial charge in [-0.3, -0.25) is 9.56 Å². The number of aromatic nitrogens is 3. The molecule has 158 valence electrons. The fraction of sp³-hybridized carbons (Fsp3) is 0.455. The first-order chi connectivity index (χ1) is 14.3. The average molecular weight is 410 g/mol. The first kappa shape index (κ1) is 20.3. The van der Waals surface area contributed by atoms with Gasteiger partial charge in [0.25, 0.3) is 0 Å². The van der Waals surface area contributed by atoms with Gasteiger partial charge in [0.15, 0.2) is 0 Å². The van der Waals surface area contributed by atoms with E-state index in [2.05, 4.69) is 46.7 Å². The van der Waals surface area contributed by atoms with E-state index in [1.807, 2.05) is 4.90 Å². The van der Waals surface area contributed by atoms with Crippen molar-refractivity contribution in [3.8, 4) is 0 Å². The first-order valence-corrected chi connectivity index (χ1v) is 10.2. The van der Waals surface area contributed by atoms with E-state index in [0.717, 1.165) is 30.1 Å². The maximum Gasteiger partial charge on any atom is 0.352 e. The third-order valence-electron chi connectivity index (χ3n) is 5.44. The zero-order valence-electron chi connectivity index (χ0n) is 17.7. The Morgan fingerprint density at radius 1 is 1.03 bits per heavy atom. The van der Waals surface area contributed by atoms with Gasteiger partial charge in [0.1, 0.15) is 12.1 Å². The molecule has 1 aromatic heterocycles. The van der Waals surface area contributed by atoms with E-state index in [1.54, 1.807) is 18.5 Å².